The van der Waals surface area contributed by atoms with Crippen molar-refractivity contribution in [3.05, 3.63) is 30.1 Å². The van der Waals surface area contributed by atoms with E-state index in [1.165, 1.54) is 6.07 Å². The van der Waals surface area contributed by atoms with Crippen LogP contribution >= 0.6 is 0 Å². The molecule has 0 radical (unpaired) electrons. The van der Waals surface area contributed by atoms with Gasteiger partial charge in [-0.05, 0) is 26.0 Å². The van der Waals surface area contributed by atoms with Gasteiger partial charge < -0.3 is 4.90 Å². The van der Waals surface area contributed by atoms with E-state index in [-0.39, 0.29) is 17.6 Å². The zero-order chi connectivity index (χ0) is 12.1. The average molecular weight is 223 g/mol. The summed E-state index contributed by atoms with van der Waals surface area (Å²) in [5.74, 6) is -0.148. The molecule has 0 saturated heterocycles. The van der Waals surface area contributed by atoms with Gasteiger partial charge in [-0.3, -0.25) is 4.79 Å². The van der Waals surface area contributed by atoms with Gasteiger partial charge in [0.15, 0.2) is 5.78 Å². The fraction of sp³-hybridized carbons (Fsp3) is 0.462. The lowest BCUT2D eigenvalue weighted by Gasteiger charge is -2.29. The lowest BCUT2D eigenvalue weighted by molar-refractivity contribution is -0.119. The van der Waals surface area contributed by atoms with Crippen LogP contribution in [0.1, 0.15) is 27.2 Å². The molecule has 1 atom stereocenters. The van der Waals surface area contributed by atoms with Gasteiger partial charge in [-0.25, -0.2) is 4.39 Å². The molecule has 0 aliphatic rings. The second-order valence-electron chi connectivity index (χ2n) is 3.73. The summed E-state index contributed by atoms with van der Waals surface area (Å²) >= 11 is 0. The number of benzene rings is 1. The zero-order valence-electron chi connectivity index (χ0n) is 10.0. The van der Waals surface area contributed by atoms with E-state index in [0.717, 1.165) is 0 Å². The number of hydrogen-bond acceptors (Lipinski definition) is 2. The van der Waals surface area contributed by atoms with Gasteiger partial charge in [0.1, 0.15) is 5.82 Å². The fourth-order valence-corrected chi connectivity index (χ4v) is 1.81. The minimum Gasteiger partial charge on any atom is -0.360 e. The Kier molecular flexibility index (Phi) is 4.47. The predicted octanol–water partition coefficient (Wildman–Crippen LogP) is 3.02. The molecule has 0 heterocycles. The molecule has 3 heteroatoms. The quantitative estimate of drug-likeness (QED) is 0.764. The summed E-state index contributed by atoms with van der Waals surface area (Å²) < 4.78 is 13.6. The maximum atomic E-state index is 13.6. The van der Waals surface area contributed by atoms with Crippen LogP contribution in [0.25, 0.3) is 0 Å². The molecule has 1 aromatic rings. The number of ketones is 1. The summed E-state index contributed by atoms with van der Waals surface area (Å²) in [5.41, 5.74) is 0.499. The Morgan fingerprint density at radius 3 is 2.50 bits per heavy atom. The zero-order valence-corrected chi connectivity index (χ0v) is 10.0. The van der Waals surface area contributed by atoms with Gasteiger partial charge >= 0.3 is 0 Å². The highest BCUT2D eigenvalue weighted by molar-refractivity contribution is 5.86. The van der Waals surface area contributed by atoms with E-state index >= 15 is 0 Å². The summed E-state index contributed by atoms with van der Waals surface area (Å²) in [7, 11) is 0. The van der Waals surface area contributed by atoms with Crippen LogP contribution in [0.5, 0.6) is 0 Å². The molecule has 0 aliphatic carbocycles. The van der Waals surface area contributed by atoms with Crippen molar-refractivity contribution in [1.29, 1.82) is 0 Å². The Balaban J connectivity index is 2.99. The molecule has 0 N–H and O–H groups in total. The number of carbonyl (C=O) groups is 1. The molecule has 0 spiro atoms. The number of para-hydroxylation sites is 1. The summed E-state index contributed by atoms with van der Waals surface area (Å²) in [6.07, 6.45) is 0.478. The smallest absolute Gasteiger partial charge is 0.154 e. The second kappa shape index (κ2) is 5.64. The second-order valence-corrected chi connectivity index (χ2v) is 3.73. The number of hydrogen-bond donors (Lipinski definition) is 0. The number of halogens is 1. The van der Waals surface area contributed by atoms with Gasteiger partial charge in [0.2, 0.25) is 0 Å². The van der Waals surface area contributed by atoms with E-state index in [2.05, 4.69) is 0 Å². The first-order valence-electron chi connectivity index (χ1n) is 5.65. The Morgan fingerprint density at radius 2 is 2.00 bits per heavy atom. The Bertz CT molecular complexity index is 365. The molecule has 0 amide bonds. The molecule has 0 aromatic heterocycles. The molecule has 2 nitrogen and oxygen atoms in total. The van der Waals surface area contributed by atoms with Crippen LogP contribution in [0.3, 0.4) is 0 Å². The van der Waals surface area contributed by atoms with Crippen LogP contribution in [-0.2, 0) is 4.79 Å². The van der Waals surface area contributed by atoms with E-state index in [1.807, 2.05) is 20.8 Å². The van der Waals surface area contributed by atoms with Gasteiger partial charge in [-0.1, -0.05) is 19.1 Å². The first kappa shape index (κ1) is 12.7. The van der Waals surface area contributed by atoms with E-state index in [4.69, 9.17) is 0 Å². The van der Waals surface area contributed by atoms with Crippen molar-refractivity contribution >= 4 is 11.5 Å². The van der Waals surface area contributed by atoms with Gasteiger partial charge in [-0.2, -0.15) is 0 Å². The molecule has 1 aromatic carbocycles. The lowest BCUT2D eigenvalue weighted by Crippen LogP contribution is -2.39. The van der Waals surface area contributed by atoms with Crippen molar-refractivity contribution in [1.82, 2.24) is 0 Å². The number of Topliss-reactive ketones (excluding diaryl/α,β-unsaturated/α-hetero) is 1. The highest BCUT2D eigenvalue weighted by Gasteiger charge is 2.20. The molecule has 0 saturated carbocycles. The largest absolute Gasteiger partial charge is 0.360 e. The molecule has 1 unspecified atom stereocenters. The number of rotatable bonds is 5. The number of carbonyl (C=O) groups excluding carboxylic acids is 1. The van der Waals surface area contributed by atoms with Crippen LogP contribution in [0.15, 0.2) is 24.3 Å². The molecule has 0 bridgehead atoms. The Labute approximate surface area is 96.1 Å². The average Bonchev–Trinajstić information content (AvgIpc) is 2.31. The Hall–Kier alpha value is -1.38. The van der Waals surface area contributed by atoms with Gasteiger partial charge in [0.25, 0.3) is 0 Å². The van der Waals surface area contributed by atoms with Crippen LogP contribution in [0, 0.1) is 5.82 Å². The van der Waals surface area contributed by atoms with Crippen molar-refractivity contribution in [2.45, 2.75) is 33.2 Å². The third-order valence-electron chi connectivity index (χ3n) is 2.78. The minimum atomic E-state index is -0.278. The maximum absolute atomic E-state index is 13.6. The van der Waals surface area contributed by atoms with Crippen LogP contribution in [0.4, 0.5) is 10.1 Å². The van der Waals surface area contributed by atoms with Crippen LogP contribution < -0.4 is 4.90 Å². The molecule has 16 heavy (non-hydrogen) atoms. The summed E-state index contributed by atoms with van der Waals surface area (Å²) in [5, 5.41) is 0. The van der Waals surface area contributed by atoms with Crippen LogP contribution in [-0.4, -0.2) is 18.4 Å². The van der Waals surface area contributed by atoms with Gasteiger partial charge in [0.05, 0.1) is 11.7 Å². The highest BCUT2D eigenvalue weighted by atomic mass is 19.1. The highest BCUT2D eigenvalue weighted by Crippen LogP contribution is 2.21. The molecule has 0 aliphatic heterocycles. The first-order chi connectivity index (χ1) is 7.61. The van der Waals surface area contributed by atoms with Crippen molar-refractivity contribution in [2.24, 2.45) is 0 Å². The summed E-state index contributed by atoms with van der Waals surface area (Å²) in [6, 6.07) is 6.29. The third kappa shape index (κ3) is 2.60. The Morgan fingerprint density at radius 1 is 1.38 bits per heavy atom. The number of nitrogens with zero attached hydrogens (tertiary/aromatic N) is 1. The minimum absolute atomic E-state index is 0.130. The van der Waals surface area contributed by atoms with Gasteiger partial charge in [-0.15, -0.1) is 0 Å². The van der Waals surface area contributed by atoms with Crippen molar-refractivity contribution in [2.75, 3.05) is 11.4 Å². The van der Waals surface area contributed by atoms with E-state index in [0.29, 0.717) is 18.7 Å². The fourth-order valence-electron chi connectivity index (χ4n) is 1.81. The number of anilines is 1. The third-order valence-corrected chi connectivity index (χ3v) is 2.78. The topological polar surface area (TPSA) is 20.3 Å². The lowest BCUT2D eigenvalue weighted by atomic mass is 10.1. The standard InChI is InChI=1S/C13H18FNO/c1-4-13(16)10(3)15(5-2)12-9-7-6-8-11(12)14/h6-10H,4-5H2,1-3H3. The van der Waals surface area contributed by atoms with Crippen molar-refractivity contribution in [3.8, 4) is 0 Å². The van der Waals surface area contributed by atoms with Gasteiger partial charge in [0, 0.05) is 13.0 Å². The molecule has 1 rings (SSSR count). The van der Waals surface area contributed by atoms with Crippen molar-refractivity contribution in [3.63, 3.8) is 0 Å². The SMILES string of the molecule is CCC(=O)C(C)N(CC)c1ccccc1F. The monoisotopic (exact) mass is 223 g/mol. The summed E-state index contributed by atoms with van der Waals surface area (Å²) in [4.78, 5) is 13.4. The van der Waals surface area contributed by atoms with Crippen molar-refractivity contribution < 1.29 is 9.18 Å². The molecule has 88 valence electrons. The van der Waals surface area contributed by atoms with E-state index in [1.54, 1.807) is 23.1 Å². The summed E-state index contributed by atoms with van der Waals surface area (Å²) in [6.45, 7) is 6.19. The van der Waals surface area contributed by atoms with E-state index in [9.17, 15) is 9.18 Å². The molecular formula is C13H18FNO. The number of likely N-dealkylation sites (N-methyl/N-ethyl adjacent to an activating group) is 1. The predicted molar refractivity (Wildman–Crippen MR) is 64.2 cm³/mol. The molecular weight excluding hydrogens is 205 g/mol. The van der Waals surface area contributed by atoms with Crippen LogP contribution in [0.2, 0.25) is 0 Å². The maximum Gasteiger partial charge on any atom is 0.154 e. The van der Waals surface area contributed by atoms with E-state index < -0.39 is 0 Å². The molecule has 0 fully saturated rings. The first-order valence-corrected chi connectivity index (χ1v) is 5.65. The normalized spacial score (nSPS) is 12.2.